The molecule has 0 aliphatic heterocycles. The van der Waals surface area contributed by atoms with Crippen LogP contribution in [0, 0.1) is 0 Å². The van der Waals surface area contributed by atoms with Gasteiger partial charge in [0, 0.05) is 17.0 Å². The second kappa shape index (κ2) is 4.10. The number of hydrogen-bond acceptors (Lipinski definition) is 2. The minimum Gasteiger partial charge on any atom is -0.311 e. The first kappa shape index (κ1) is 12.2. The summed E-state index contributed by atoms with van der Waals surface area (Å²) >= 11 is 6.04. The van der Waals surface area contributed by atoms with Crippen molar-refractivity contribution in [2.75, 3.05) is 0 Å². The number of benzene rings is 1. The lowest BCUT2D eigenvalue weighted by atomic mass is 9.95. The van der Waals surface area contributed by atoms with Crippen molar-refractivity contribution < 1.29 is 0 Å². The maximum atomic E-state index is 6.04. The standard InChI is InChI=1S/C17H18ClN3/c18-13-5-3-12(4-6-13)17(9-10-17)16-20-19-15(11-1-2-11)21(16)14-7-8-14/h3-6,11,14H,1-2,7-10H2. The molecule has 0 amide bonds. The number of rotatable bonds is 4. The predicted molar refractivity (Wildman–Crippen MR) is 81.7 cm³/mol. The molecule has 0 atom stereocenters. The van der Waals surface area contributed by atoms with E-state index in [9.17, 15) is 0 Å². The number of aromatic nitrogens is 3. The minimum absolute atomic E-state index is 0.104. The summed E-state index contributed by atoms with van der Waals surface area (Å²) in [7, 11) is 0. The van der Waals surface area contributed by atoms with Crippen molar-refractivity contribution >= 4 is 11.6 Å². The number of nitrogens with zero attached hydrogens (tertiary/aromatic N) is 3. The van der Waals surface area contributed by atoms with Crippen molar-refractivity contribution in [2.24, 2.45) is 0 Å². The molecule has 0 bridgehead atoms. The minimum atomic E-state index is 0.104. The van der Waals surface area contributed by atoms with E-state index in [4.69, 9.17) is 11.6 Å². The van der Waals surface area contributed by atoms with Crippen LogP contribution in [-0.2, 0) is 5.41 Å². The van der Waals surface area contributed by atoms with Gasteiger partial charge in [0.05, 0.1) is 5.41 Å². The molecule has 21 heavy (non-hydrogen) atoms. The van der Waals surface area contributed by atoms with Crippen LogP contribution in [-0.4, -0.2) is 14.8 Å². The molecule has 0 saturated heterocycles. The Morgan fingerprint density at radius 2 is 1.71 bits per heavy atom. The third-order valence-corrected chi connectivity index (χ3v) is 5.40. The average Bonchev–Trinajstić information content (AvgIpc) is 3.34. The summed E-state index contributed by atoms with van der Waals surface area (Å²) in [5, 5.41) is 10.0. The van der Waals surface area contributed by atoms with Crippen LogP contribution in [0.25, 0.3) is 0 Å². The molecule has 3 fully saturated rings. The predicted octanol–water partition coefficient (Wildman–Crippen LogP) is 4.22. The summed E-state index contributed by atoms with van der Waals surface area (Å²) in [6.07, 6.45) is 7.54. The van der Waals surface area contributed by atoms with Gasteiger partial charge in [-0.1, -0.05) is 23.7 Å². The zero-order valence-corrected chi connectivity index (χ0v) is 12.7. The fourth-order valence-corrected chi connectivity index (χ4v) is 3.60. The zero-order chi connectivity index (χ0) is 14.0. The van der Waals surface area contributed by atoms with Gasteiger partial charge in [-0.25, -0.2) is 0 Å². The van der Waals surface area contributed by atoms with Crippen molar-refractivity contribution in [3.05, 3.63) is 46.5 Å². The van der Waals surface area contributed by atoms with Gasteiger partial charge in [0.25, 0.3) is 0 Å². The Hall–Kier alpha value is -1.35. The molecule has 1 heterocycles. The van der Waals surface area contributed by atoms with E-state index in [2.05, 4.69) is 26.9 Å². The average molecular weight is 300 g/mol. The Kier molecular flexibility index (Phi) is 2.38. The lowest BCUT2D eigenvalue weighted by Gasteiger charge is -2.18. The molecule has 2 aromatic rings. The Morgan fingerprint density at radius 3 is 2.29 bits per heavy atom. The van der Waals surface area contributed by atoms with Gasteiger partial charge in [-0.15, -0.1) is 10.2 Å². The summed E-state index contributed by atoms with van der Waals surface area (Å²) in [5.74, 6) is 3.15. The molecular formula is C17H18ClN3. The molecular weight excluding hydrogens is 282 g/mol. The van der Waals surface area contributed by atoms with E-state index in [0.717, 1.165) is 5.02 Å². The van der Waals surface area contributed by atoms with Crippen molar-refractivity contribution in [1.29, 1.82) is 0 Å². The van der Waals surface area contributed by atoms with Crippen molar-refractivity contribution in [3.63, 3.8) is 0 Å². The molecule has 3 nitrogen and oxygen atoms in total. The van der Waals surface area contributed by atoms with Gasteiger partial charge in [-0.05, 0) is 56.2 Å². The molecule has 0 radical (unpaired) electrons. The molecule has 3 aliphatic rings. The van der Waals surface area contributed by atoms with E-state index >= 15 is 0 Å². The summed E-state index contributed by atoms with van der Waals surface area (Å²) in [4.78, 5) is 0. The second-order valence-electron chi connectivity index (χ2n) is 6.85. The van der Waals surface area contributed by atoms with Crippen molar-refractivity contribution in [1.82, 2.24) is 14.8 Å². The smallest absolute Gasteiger partial charge is 0.143 e. The first-order valence-corrected chi connectivity index (χ1v) is 8.37. The normalized spacial score (nSPS) is 23.3. The van der Waals surface area contributed by atoms with Crippen LogP contribution in [0.4, 0.5) is 0 Å². The maximum absolute atomic E-state index is 6.04. The Balaban J connectivity index is 1.62. The summed E-state index contributed by atoms with van der Waals surface area (Å²) in [5.41, 5.74) is 1.45. The molecule has 5 rings (SSSR count). The van der Waals surface area contributed by atoms with Crippen LogP contribution in [0.1, 0.15) is 67.7 Å². The van der Waals surface area contributed by atoms with E-state index < -0.39 is 0 Å². The molecule has 3 aliphatic carbocycles. The highest BCUT2D eigenvalue weighted by Gasteiger charge is 2.52. The lowest BCUT2D eigenvalue weighted by Crippen LogP contribution is -2.17. The van der Waals surface area contributed by atoms with E-state index in [0.29, 0.717) is 12.0 Å². The third-order valence-electron chi connectivity index (χ3n) is 5.15. The Morgan fingerprint density at radius 1 is 1.00 bits per heavy atom. The van der Waals surface area contributed by atoms with Gasteiger partial charge in [0.1, 0.15) is 11.6 Å². The number of halogens is 1. The molecule has 1 aromatic heterocycles. The number of hydrogen-bond donors (Lipinski definition) is 0. The Labute approximate surface area is 129 Å². The van der Waals surface area contributed by atoms with E-state index in [1.165, 1.54) is 55.7 Å². The second-order valence-corrected chi connectivity index (χ2v) is 7.28. The molecule has 3 saturated carbocycles. The van der Waals surface area contributed by atoms with Crippen LogP contribution < -0.4 is 0 Å². The molecule has 108 valence electrons. The summed E-state index contributed by atoms with van der Waals surface area (Å²) in [6.45, 7) is 0. The quantitative estimate of drug-likeness (QED) is 0.846. The SMILES string of the molecule is Clc1ccc(C2(c3nnc(C4CC4)n3C3CC3)CC2)cc1. The zero-order valence-electron chi connectivity index (χ0n) is 11.9. The van der Waals surface area contributed by atoms with Crippen LogP contribution >= 0.6 is 11.6 Å². The molecule has 1 aromatic carbocycles. The first-order chi connectivity index (χ1) is 10.3. The topological polar surface area (TPSA) is 30.7 Å². The van der Waals surface area contributed by atoms with E-state index in [-0.39, 0.29) is 5.41 Å². The largest absolute Gasteiger partial charge is 0.311 e. The summed E-state index contributed by atoms with van der Waals surface area (Å²) < 4.78 is 2.50. The fraction of sp³-hybridized carbons (Fsp3) is 0.529. The van der Waals surface area contributed by atoms with Crippen LogP contribution in [0.2, 0.25) is 5.02 Å². The first-order valence-electron chi connectivity index (χ1n) is 7.99. The van der Waals surface area contributed by atoms with Gasteiger partial charge >= 0.3 is 0 Å². The summed E-state index contributed by atoms with van der Waals surface area (Å²) in [6, 6.07) is 8.99. The van der Waals surface area contributed by atoms with Gasteiger partial charge in [0.2, 0.25) is 0 Å². The highest BCUT2D eigenvalue weighted by molar-refractivity contribution is 6.30. The Bertz CT molecular complexity index is 691. The van der Waals surface area contributed by atoms with Gasteiger partial charge in [-0.2, -0.15) is 0 Å². The van der Waals surface area contributed by atoms with E-state index in [1.54, 1.807) is 0 Å². The monoisotopic (exact) mass is 299 g/mol. The fourth-order valence-electron chi connectivity index (χ4n) is 3.48. The van der Waals surface area contributed by atoms with Crippen LogP contribution in [0.5, 0.6) is 0 Å². The van der Waals surface area contributed by atoms with E-state index in [1.807, 2.05) is 12.1 Å². The lowest BCUT2D eigenvalue weighted by molar-refractivity contribution is 0.605. The van der Waals surface area contributed by atoms with Crippen LogP contribution in [0.3, 0.4) is 0 Å². The highest BCUT2D eigenvalue weighted by atomic mass is 35.5. The third kappa shape index (κ3) is 1.87. The van der Waals surface area contributed by atoms with Gasteiger partial charge < -0.3 is 4.57 Å². The maximum Gasteiger partial charge on any atom is 0.143 e. The van der Waals surface area contributed by atoms with Gasteiger partial charge in [-0.3, -0.25) is 0 Å². The highest BCUT2D eigenvalue weighted by Crippen LogP contribution is 2.56. The van der Waals surface area contributed by atoms with Crippen molar-refractivity contribution in [3.8, 4) is 0 Å². The molecule has 4 heteroatoms. The molecule has 0 unspecified atom stereocenters. The molecule has 0 spiro atoms. The van der Waals surface area contributed by atoms with Gasteiger partial charge in [0.15, 0.2) is 0 Å². The molecule has 0 N–H and O–H groups in total. The van der Waals surface area contributed by atoms with Crippen molar-refractivity contribution in [2.45, 2.75) is 55.9 Å². The van der Waals surface area contributed by atoms with Crippen LogP contribution in [0.15, 0.2) is 24.3 Å².